The lowest BCUT2D eigenvalue weighted by atomic mass is 10.2. The van der Waals surface area contributed by atoms with Crippen LogP contribution >= 0.6 is 22.7 Å². The van der Waals surface area contributed by atoms with E-state index in [0.29, 0.717) is 12.5 Å². The zero-order valence-electron chi connectivity index (χ0n) is 11.7. The van der Waals surface area contributed by atoms with Gasteiger partial charge >= 0.3 is 5.97 Å². The molecule has 0 spiro atoms. The smallest absolute Gasteiger partial charge is 0.310 e. The molecule has 1 atom stereocenters. The molecule has 1 N–H and O–H groups in total. The maximum Gasteiger partial charge on any atom is 0.310 e. The summed E-state index contributed by atoms with van der Waals surface area (Å²) in [6.07, 6.45) is 1.42. The van der Waals surface area contributed by atoms with E-state index in [1.807, 2.05) is 6.07 Å². The Balaban J connectivity index is 1.77. The monoisotopic (exact) mass is 309 g/mol. The Labute approximate surface area is 127 Å². The number of carbonyl (C=O) groups is 1. The summed E-state index contributed by atoms with van der Waals surface area (Å²) in [5.41, 5.74) is 0. The van der Waals surface area contributed by atoms with E-state index in [1.165, 1.54) is 16.9 Å². The van der Waals surface area contributed by atoms with Crippen molar-refractivity contribution in [2.24, 2.45) is 0 Å². The predicted octanol–water partition coefficient (Wildman–Crippen LogP) is 3.25. The number of nitrogens with one attached hydrogen (secondary N) is 1. The van der Waals surface area contributed by atoms with Crippen LogP contribution < -0.4 is 5.32 Å². The fraction of sp³-hybridized carbons (Fsp3) is 0.400. The third-order valence-electron chi connectivity index (χ3n) is 2.98. The molecule has 1 unspecified atom stereocenters. The van der Waals surface area contributed by atoms with Crippen LogP contribution in [0, 0.1) is 0 Å². The van der Waals surface area contributed by atoms with Gasteiger partial charge in [-0.05, 0) is 36.9 Å². The van der Waals surface area contributed by atoms with Crippen LogP contribution in [0.15, 0.2) is 29.6 Å². The van der Waals surface area contributed by atoms with Gasteiger partial charge in [0.25, 0.3) is 0 Å². The maximum absolute atomic E-state index is 11.2. The summed E-state index contributed by atoms with van der Waals surface area (Å²) in [5, 5.41) is 5.63. The molecule has 3 nitrogen and oxygen atoms in total. The van der Waals surface area contributed by atoms with Gasteiger partial charge < -0.3 is 10.1 Å². The minimum atomic E-state index is -0.183. The molecule has 108 valence electrons. The molecule has 2 aromatic rings. The summed E-state index contributed by atoms with van der Waals surface area (Å²) >= 11 is 3.46. The predicted molar refractivity (Wildman–Crippen MR) is 84.4 cm³/mol. The van der Waals surface area contributed by atoms with E-state index < -0.39 is 0 Å². The molecular weight excluding hydrogens is 290 g/mol. The lowest BCUT2D eigenvalue weighted by molar-refractivity contribution is -0.139. The zero-order valence-corrected chi connectivity index (χ0v) is 13.4. The number of hydrogen-bond acceptors (Lipinski definition) is 5. The standard InChI is InChI=1S/C15H19NO2S2/c1-11(8-12-4-3-7-19-12)16-10-14-6-5-13(20-14)9-15(17)18-2/h3-7,11,16H,8-10H2,1-2H3. The van der Waals surface area contributed by atoms with Crippen molar-refractivity contribution in [3.8, 4) is 0 Å². The molecule has 0 bridgehead atoms. The molecule has 2 aromatic heterocycles. The van der Waals surface area contributed by atoms with E-state index in [1.54, 1.807) is 22.7 Å². The van der Waals surface area contributed by atoms with Crippen LogP contribution in [0.5, 0.6) is 0 Å². The van der Waals surface area contributed by atoms with Gasteiger partial charge in [0.1, 0.15) is 0 Å². The van der Waals surface area contributed by atoms with Crippen LogP contribution in [-0.4, -0.2) is 19.1 Å². The minimum absolute atomic E-state index is 0.183. The Hall–Kier alpha value is -1.17. The number of carbonyl (C=O) groups excluding carboxylic acids is 1. The lowest BCUT2D eigenvalue weighted by Gasteiger charge is -2.11. The zero-order chi connectivity index (χ0) is 14.4. The molecule has 0 aliphatic carbocycles. The quantitative estimate of drug-likeness (QED) is 0.798. The maximum atomic E-state index is 11.2. The van der Waals surface area contributed by atoms with Crippen LogP contribution in [0.1, 0.15) is 21.6 Å². The second kappa shape index (κ2) is 7.57. The van der Waals surface area contributed by atoms with Gasteiger partial charge in [0.05, 0.1) is 13.5 Å². The fourth-order valence-corrected chi connectivity index (χ4v) is 3.69. The van der Waals surface area contributed by atoms with Gasteiger partial charge in [0.2, 0.25) is 0 Å². The second-order valence-electron chi connectivity index (χ2n) is 4.69. The molecule has 2 heterocycles. The number of rotatable bonds is 7. The first-order valence-electron chi connectivity index (χ1n) is 6.57. The number of hydrogen-bond donors (Lipinski definition) is 1. The molecule has 0 amide bonds. The van der Waals surface area contributed by atoms with E-state index >= 15 is 0 Å². The molecule has 0 radical (unpaired) electrons. The Morgan fingerprint density at radius 3 is 2.80 bits per heavy atom. The molecule has 5 heteroatoms. The summed E-state index contributed by atoms with van der Waals surface area (Å²) in [5.74, 6) is -0.183. The van der Waals surface area contributed by atoms with Crippen molar-refractivity contribution >= 4 is 28.6 Å². The number of esters is 1. The Bertz CT molecular complexity index is 534. The Morgan fingerprint density at radius 2 is 2.10 bits per heavy atom. The molecule has 0 saturated carbocycles. The summed E-state index contributed by atoms with van der Waals surface area (Å²) in [7, 11) is 1.42. The van der Waals surface area contributed by atoms with Gasteiger partial charge in [-0.25, -0.2) is 0 Å². The third-order valence-corrected chi connectivity index (χ3v) is 4.96. The highest BCUT2D eigenvalue weighted by Crippen LogP contribution is 2.18. The van der Waals surface area contributed by atoms with Gasteiger partial charge in [-0.2, -0.15) is 0 Å². The van der Waals surface area contributed by atoms with Crippen molar-refractivity contribution in [3.63, 3.8) is 0 Å². The van der Waals surface area contributed by atoms with E-state index in [-0.39, 0.29) is 5.97 Å². The molecule has 20 heavy (non-hydrogen) atoms. The van der Waals surface area contributed by atoms with Gasteiger partial charge in [-0.1, -0.05) is 6.07 Å². The minimum Gasteiger partial charge on any atom is -0.469 e. The largest absolute Gasteiger partial charge is 0.469 e. The molecule has 0 aromatic carbocycles. The normalized spacial score (nSPS) is 12.3. The van der Waals surface area contributed by atoms with E-state index in [9.17, 15) is 4.79 Å². The second-order valence-corrected chi connectivity index (χ2v) is 6.97. The van der Waals surface area contributed by atoms with Gasteiger partial charge in [-0.15, -0.1) is 22.7 Å². The average molecular weight is 309 g/mol. The van der Waals surface area contributed by atoms with Crippen molar-refractivity contribution < 1.29 is 9.53 Å². The van der Waals surface area contributed by atoms with Gasteiger partial charge in [0.15, 0.2) is 0 Å². The molecule has 0 aliphatic heterocycles. The Morgan fingerprint density at radius 1 is 1.30 bits per heavy atom. The molecule has 0 fully saturated rings. The summed E-state index contributed by atoms with van der Waals surface area (Å²) in [4.78, 5) is 14.9. The van der Waals surface area contributed by atoms with E-state index in [0.717, 1.165) is 17.8 Å². The highest BCUT2D eigenvalue weighted by atomic mass is 32.1. The highest BCUT2D eigenvalue weighted by molar-refractivity contribution is 7.12. The first-order chi connectivity index (χ1) is 9.67. The summed E-state index contributed by atoms with van der Waals surface area (Å²) < 4.78 is 4.67. The number of ether oxygens (including phenoxy) is 1. The summed E-state index contributed by atoms with van der Waals surface area (Å²) in [6.45, 7) is 3.04. The van der Waals surface area contributed by atoms with Crippen molar-refractivity contribution in [1.29, 1.82) is 0 Å². The topological polar surface area (TPSA) is 38.3 Å². The van der Waals surface area contributed by atoms with Crippen LogP contribution in [0.3, 0.4) is 0 Å². The van der Waals surface area contributed by atoms with Crippen LogP contribution in [0.25, 0.3) is 0 Å². The Kier molecular flexibility index (Phi) is 5.76. The van der Waals surface area contributed by atoms with Crippen molar-refractivity contribution in [3.05, 3.63) is 44.3 Å². The van der Waals surface area contributed by atoms with Crippen molar-refractivity contribution in [2.75, 3.05) is 7.11 Å². The SMILES string of the molecule is COC(=O)Cc1ccc(CNC(C)Cc2cccs2)s1. The highest BCUT2D eigenvalue weighted by Gasteiger charge is 2.08. The first kappa shape index (κ1) is 15.2. The first-order valence-corrected chi connectivity index (χ1v) is 8.27. The lowest BCUT2D eigenvalue weighted by Crippen LogP contribution is -2.26. The molecule has 0 aliphatic rings. The van der Waals surface area contributed by atoms with Crippen LogP contribution in [-0.2, 0) is 28.9 Å². The number of thiophene rings is 2. The van der Waals surface area contributed by atoms with Crippen LogP contribution in [0.2, 0.25) is 0 Å². The summed E-state index contributed by atoms with van der Waals surface area (Å²) in [6, 6.07) is 8.78. The van der Waals surface area contributed by atoms with Crippen LogP contribution in [0.4, 0.5) is 0 Å². The molecule has 0 saturated heterocycles. The van der Waals surface area contributed by atoms with Crippen molar-refractivity contribution in [2.45, 2.75) is 32.4 Å². The molecule has 2 rings (SSSR count). The van der Waals surface area contributed by atoms with Gasteiger partial charge in [-0.3, -0.25) is 4.79 Å². The third kappa shape index (κ3) is 4.74. The van der Waals surface area contributed by atoms with E-state index in [2.05, 4.69) is 40.6 Å². The van der Waals surface area contributed by atoms with Gasteiger partial charge in [0, 0.05) is 27.2 Å². The van der Waals surface area contributed by atoms with E-state index in [4.69, 9.17) is 0 Å². The van der Waals surface area contributed by atoms with Crippen molar-refractivity contribution in [1.82, 2.24) is 5.32 Å². The average Bonchev–Trinajstić information content (AvgIpc) is 3.08. The number of methoxy groups -OCH3 is 1. The molecular formula is C15H19NO2S2. The fourth-order valence-electron chi connectivity index (χ4n) is 1.90.